The van der Waals surface area contributed by atoms with Crippen molar-refractivity contribution in [2.75, 3.05) is 19.6 Å². The van der Waals surface area contributed by atoms with Crippen LogP contribution in [-0.2, 0) is 19.2 Å². The van der Waals surface area contributed by atoms with E-state index < -0.39 is 54.4 Å². The Bertz CT molecular complexity index is 671. The maximum atomic E-state index is 12.0. The molecule has 11 heteroatoms. The molecular weight excluding hydrogens is 373 g/mol. The number of rotatable bonds is 9. The number of amides is 3. The van der Waals surface area contributed by atoms with Crippen LogP contribution in [0.15, 0.2) is 30.3 Å². The molecule has 0 heterocycles. The molecule has 0 bridgehead atoms. The third kappa shape index (κ3) is 8.99. The van der Waals surface area contributed by atoms with Gasteiger partial charge in [0.1, 0.15) is 5.25 Å². The average molecular weight is 389 g/mol. The minimum absolute atomic E-state index is 0. The molecule has 1 rings (SSSR count). The zero-order valence-electron chi connectivity index (χ0n) is 14.0. The monoisotopic (exact) mass is 389 g/mol. The smallest absolute Gasteiger partial charge is 0.548 e. The number of nitrogens with one attached hydrogen (secondary N) is 3. The Hall–Kier alpha value is -1.88. The van der Waals surface area contributed by atoms with Gasteiger partial charge in [0.05, 0.1) is 25.6 Å². The summed E-state index contributed by atoms with van der Waals surface area (Å²) >= 11 is 3.95. The summed E-state index contributed by atoms with van der Waals surface area (Å²) in [7, 11) is 0. The summed E-state index contributed by atoms with van der Waals surface area (Å²) in [6, 6.07) is 8.08. The van der Waals surface area contributed by atoms with Crippen LogP contribution in [0.2, 0.25) is 0 Å². The van der Waals surface area contributed by atoms with Crippen LogP contribution < -0.4 is 50.6 Å². The van der Waals surface area contributed by atoms with Gasteiger partial charge in [0.2, 0.25) is 17.7 Å². The van der Waals surface area contributed by atoms with Gasteiger partial charge in [0, 0.05) is 5.56 Å². The summed E-state index contributed by atoms with van der Waals surface area (Å²) in [5.41, 5.74) is 0.312. The van der Waals surface area contributed by atoms with E-state index in [0.717, 1.165) is 0 Å². The molecule has 1 unspecified atom stereocenters. The van der Waals surface area contributed by atoms with Gasteiger partial charge in [-0.25, -0.2) is 0 Å². The van der Waals surface area contributed by atoms with Gasteiger partial charge >= 0.3 is 29.6 Å². The van der Waals surface area contributed by atoms with E-state index in [1.807, 2.05) is 5.32 Å². The average Bonchev–Trinajstić information content (AvgIpc) is 2.62. The van der Waals surface area contributed by atoms with Crippen molar-refractivity contribution in [3.63, 3.8) is 0 Å². The van der Waals surface area contributed by atoms with Gasteiger partial charge in [-0.05, 0) is 0 Å². The van der Waals surface area contributed by atoms with Gasteiger partial charge in [-0.3, -0.25) is 19.2 Å². The molecule has 0 saturated heterocycles. The first-order chi connectivity index (χ1) is 11.8. The number of Topliss-reactive ketones (excluding diaryl/α,β-unsaturated/α-hetero) is 1. The summed E-state index contributed by atoms with van der Waals surface area (Å²) in [5.74, 6) is -4.15. The van der Waals surface area contributed by atoms with Crippen LogP contribution in [0.4, 0.5) is 0 Å². The van der Waals surface area contributed by atoms with E-state index in [0.29, 0.717) is 5.56 Å². The number of aliphatic carboxylic acids is 1. The van der Waals surface area contributed by atoms with Crippen LogP contribution in [-0.4, -0.2) is 54.4 Å². The van der Waals surface area contributed by atoms with Crippen molar-refractivity contribution in [3.8, 4) is 0 Å². The first-order valence-corrected chi connectivity index (χ1v) is 7.61. The minimum Gasteiger partial charge on any atom is -0.548 e. The first-order valence-electron chi connectivity index (χ1n) is 7.09. The molecule has 26 heavy (non-hydrogen) atoms. The molecule has 134 valence electrons. The molecule has 1 aromatic rings. The molecule has 0 radical (unpaired) electrons. The van der Waals surface area contributed by atoms with E-state index in [-0.39, 0.29) is 29.6 Å². The van der Waals surface area contributed by atoms with E-state index in [2.05, 4.69) is 23.3 Å². The molecule has 1 aromatic carbocycles. The van der Waals surface area contributed by atoms with Gasteiger partial charge in [-0.15, -0.1) is 0 Å². The number of carbonyl (C=O) groups excluding carboxylic acids is 5. The van der Waals surface area contributed by atoms with Crippen LogP contribution in [0.25, 0.3) is 0 Å². The summed E-state index contributed by atoms with van der Waals surface area (Å²) < 4.78 is 0. The molecule has 0 fully saturated rings. The van der Waals surface area contributed by atoms with E-state index >= 15 is 0 Å². The van der Waals surface area contributed by atoms with E-state index in [4.69, 9.17) is 0 Å². The van der Waals surface area contributed by atoms with Crippen LogP contribution in [0.5, 0.6) is 0 Å². The van der Waals surface area contributed by atoms with Crippen LogP contribution >= 0.6 is 12.6 Å². The zero-order valence-corrected chi connectivity index (χ0v) is 16.9. The number of benzene rings is 1. The second-order valence-electron chi connectivity index (χ2n) is 4.78. The SMILES string of the molecule is O=C([O-])CNC(=O)CNC(=O)CNC(=O)C(S)C(=O)c1ccccc1.[Na+]. The summed E-state index contributed by atoms with van der Waals surface area (Å²) in [6.45, 7) is -1.60. The van der Waals surface area contributed by atoms with Crippen molar-refractivity contribution in [1.82, 2.24) is 16.0 Å². The summed E-state index contributed by atoms with van der Waals surface area (Å²) in [4.78, 5) is 56.7. The molecule has 0 spiro atoms. The Morgan fingerprint density at radius 1 is 0.885 bits per heavy atom. The van der Waals surface area contributed by atoms with Crippen molar-refractivity contribution in [2.24, 2.45) is 0 Å². The Balaban J connectivity index is 0.00000625. The number of carboxylic acid groups (broad SMARTS) is 1. The third-order valence-corrected chi connectivity index (χ3v) is 3.32. The predicted octanol–water partition coefficient (Wildman–Crippen LogP) is -5.73. The fourth-order valence-corrected chi connectivity index (χ4v) is 1.86. The molecule has 3 amide bonds. The maximum absolute atomic E-state index is 12.0. The topological polar surface area (TPSA) is 144 Å². The van der Waals surface area contributed by atoms with Gasteiger partial charge in [0.25, 0.3) is 0 Å². The second-order valence-corrected chi connectivity index (χ2v) is 5.29. The van der Waals surface area contributed by atoms with E-state index in [1.165, 1.54) is 12.1 Å². The Kier molecular flexibility index (Phi) is 11.6. The number of hydrogen-bond donors (Lipinski definition) is 4. The van der Waals surface area contributed by atoms with Crippen LogP contribution in [0.1, 0.15) is 10.4 Å². The van der Waals surface area contributed by atoms with Crippen LogP contribution in [0.3, 0.4) is 0 Å². The largest absolute Gasteiger partial charge is 1.00 e. The Labute approximate surface area is 177 Å². The van der Waals surface area contributed by atoms with Gasteiger partial charge in [0.15, 0.2) is 5.78 Å². The molecule has 0 aromatic heterocycles. The molecule has 3 N–H and O–H groups in total. The van der Waals surface area contributed by atoms with Gasteiger partial charge in [-0.1, -0.05) is 30.3 Å². The summed E-state index contributed by atoms with van der Waals surface area (Å²) in [6.07, 6.45) is 0. The zero-order chi connectivity index (χ0) is 18.8. The predicted molar refractivity (Wildman–Crippen MR) is 87.6 cm³/mol. The fourth-order valence-electron chi connectivity index (χ4n) is 1.62. The Morgan fingerprint density at radius 2 is 1.38 bits per heavy atom. The molecule has 0 saturated carbocycles. The minimum atomic E-state index is -1.46. The standard InChI is InChI=1S/C15H17N3O6S.Na/c19-10(17-8-12(21)22)6-16-11(20)7-18-15(24)14(25)13(23)9-4-2-1-3-5-9;/h1-5,14,25H,6-8H2,(H,16,20)(H,17,19)(H,18,24)(H,21,22);/q;+1/p-1. The molecular formula is C15H16N3NaO6S. The Morgan fingerprint density at radius 3 is 1.92 bits per heavy atom. The van der Waals surface area contributed by atoms with Gasteiger partial charge in [-0.2, -0.15) is 12.6 Å². The van der Waals surface area contributed by atoms with Crippen molar-refractivity contribution < 1.29 is 58.6 Å². The van der Waals surface area contributed by atoms with E-state index in [1.54, 1.807) is 18.2 Å². The molecule has 1 atom stereocenters. The van der Waals surface area contributed by atoms with Crippen molar-refractivity contribution in [2.45, 2.75) is 5.25 Å². The van der Waals surface area contributed by atoms with Crippen molar-refractivity contribution in [1.29, 1.82) is 0 Å². The molecule has 0 aliphatic carbocycles. The first kappa shape index (κ1) is 24.1. The molecule has 0 aliphatic heterocycles. The molecule has 9 nitrogen and oxygen atoms in total. The van der Waals surface area contributed by atoms with Crippen LogP contribution in [0, 0.1) is 0 Å². The maximum Gasteiger partial charge on any atom is 1.00 e. The molecule has 0 aliphatic rings. The van der Waals surface area contributed by atoms with Crippen molar-refractivity contribution in [3.05, 3.63) is 35.9 Å². The normalized spacial score (nSPS) is 10.7. The quantitative estimate of drug-likeness (QED) is 0.143. The number of carbonyl (C=O) groups is 5. The summed E-state index contributed by atoms with van der Waals surface area (Å²) in [5, 5.41) is 15.3. The van der Waals surface area contributed by atoms with Gasteiger partial charge < -0.3 is 25.9 Å². The van der Waals surface area contributed by atoms with E-state index in [9.17, 15) is 29.1 Å². The van der Waals surface area contributed by atoms with Crippen molar-refractivity contribution >= 4 is 42.1 Å². The number of ketones is 1. The fraction of sp³-hybridized carbons (Fsp3) is 0.267. The number of thiol groups is 1. The third-order valence-electron chi connectivity index (χ3n) is 2.85. The number of carboxylic acids is 1. The second kappa shape index (κ2) is 12.5. The number of hydrogen-bond acceptors (Lipinski definition) is 7.